The molecule has 2 rings (SSSR count). The van der Waals surface area contributed by atoms with Crippen LogP contribution in [-0.2, 0) is 11.2 Å². The monoisotopic (exact) mass is 230 g/mol. The van der Waals surface area contributed by atoms with Crippen molar-refractivity contribution in [1.29, 1.82) is 0 Å². The van der Waals surface area contributed by atoms with E-state index in [4.69, 9.17) is 5.11 Å². The molecule has 0 saturated heterocycles. The standard InChI is InChI=1S/C13H14N2O2/c1-8-3-4-9(2)13-12(8)14-7-10(15-13)5-6-11(16)17/h3-4,7H,5-6H2,1-2H3,(H,16,17). The van der Waals surface area contributed by atoms with Gasteiger partial charge in [-0.05, 0) is 25.0 Å². The van der Waals surface area contributed by atoms with Gasteiger partial charge in [-0.25, -0.2) is 4.98 Å². The Balaban J connectivity index is 2.43. The van der Waals surface area contributed by atoms with Crippen LogP contribution in [0, 0.1) is 13.8 Å². The summed E-state index contributed by atoms with van der Waals surface area (Å²) < 4.78 is 0. The lowest BCUT2D eigenvalue weighted by Crippen LogP contribution is -2.01. The third-order valence-electron chi connectivity index (χ3n) is 2.75. The highest BCUT2D eigenvalue weighted by Gasteiger charge is 2.06. The minimum absolute atomic E-state index is 0.0883. The average Bonchev–Trinajstić information content (AvgIpc) is 2.31. The fourth-order valence-corrected chi connectivity index (χ4v) is 1.75. The summed E-state index contributed by atoms with van der Waals surface area (Å²) in [5, 5.41) is 8.64. The van der Waals surface area contributed by atoms with Gasteiger partial charge in [-0.15, -0.1) is 0 Å². The SMILES string of the molecule is Cc1ccc(C)c2nc(CCC(=O)O)cnc12. The Morgan fingerprint density at radius 3 is 2.53 bits per heavy atom. The number of nitrogens with zero attached hydrogens (tertiary/aromatic N) is 2. The van der Waals surface area contributed by atoms with Gasteiger partial charge < -0.3 is 5.11 Å². The van der Waals surface area contributed by atoms with Gasteiger partial charge in [0.1, 0.15) is 0 Å². The van der Waals surface area contributed by atoms with Gasteiger partial charge in [-0.1, -0.05) is 12.1 Å². The molecule has 88 valence electrons. The summed E-state index contributed by atoms with van der Waals surface area (Å²) in [6, 6.07) is 4.02. The molecule has 0 atom stereocenters. The summed E-state index contributed by atoms with van der Waals surface area (Å²) in [6.07, 6.45) is 2.18. The minimum atomic E-state index is -0.812. The molecule has 0 unspecified atom stereocenters. The topological polar surface area (TPSA) is 63.1 Å². The first-order valence-electron chi connectivity index (χ1n) is 5.51. The number of hydrogen-bond donors (Lipinski definition) is 1. The quantitative estimate of drug-likeness (QED) is 0.878. The van der Waals surface area contributed by atoms with E-state index in [2.05, 4.69) is 9.97 Å². The van der Waals surface area contributed by atoms with E-state index in [1.807, 2.05) is 26.0 Å². The third kappa shape index (κ3) is 2.41. The van der Waals surface area contributed by atoms with E-state index in [1.54, 1.807) is 6.20 Å². The maximum atomic E-state index is 10.5. The fraction of sp³-hybridized carbons (Fsp3) is 0.308. The number of hydrogen-bond acceptors (Lipinski definition) is 3. The highest BCUT2D eigenvalue weighted by Crippen LogP contribution is 2.18. The molecular weight excluding hydrogens is 216 g/mol. The van der Waals surface area contributed by atoms with Crippen LogP contribution in [0.4, 0.5) is 0 Å². The van der Waals surface area contributed by atoms with Crippen LogP contribution in [0.2, 0.25) is 0 Å². The predicted molar refractivity (Wildman–Crippen MR) is 65.0 cm³/mol. The number of aryl methyl sites for hydroxylation is 3. The summed E-state index contributed by atoms with van der Waals surface area (Å²) >= 11 is 0. The van der Waals surface area contributed by atoms with E-state index in [1.165, 1.54) is 0 Å². The zero-order valence-corrected chi connectivity index (χ0v) is 9.90. The maximum Gasteiger partial charge on any atom is 0.303 e. The number of aliphatic carboxylic acids is 1. The Morgan fingerprint density at radius 2 is 1.88 bits per heavy atom. The van der Waals surface area contributed by atoms with Gasteiger partial charge in [-0.3, -0.25) is 9.78 Å². The lowest BCUT2D eigenvalue weighted by Gasteiger charge is -2.05. The van der Waals surface area contributed by atoms with Crippen molar-refractivity contribution in [2.75, 3.05) is 0 Å². The van der Waals surface area contributed by atoms with E-state index in [0.29, 0.717) is 6.42 Å². The van der Waals surface area contributed by atoms with Crippen LogP contribution in [0.25, 0.3) is 11.0 Å². The Labute approximate surface area is 99.3 Å². The summed E-state index contributed by atoms with van der Waals surface area (Å²) in [5.41, 5.74) is 4.64. The zero-order chi connectivity index (χ0) is 12.4. The van der Waals surface area contributed by atoms with Crippen LogP contribution in [0.15, 0.2) is 18.3 Å². The number of carbonyl (C=O) groups is 1. The molecule has 0 spiro atoms. The van der Waals surface area contributed by atoms with E-state index in [0.717, 1.165) is 27.9 Å². The van der Waals surface area contributed by atoms with E-state index in [-0.39, 0.29) is 6.42 Å². The van der Waals surface area contributed by atoms with Gasteiger partial charge in [0.15, 0.2) is 0 Å². The molecule has 0 radical (unpaired) electrons. The van der Waals surface area contributed by atoms with Crippen molar-refractivity contribution in [3.05, 3.63) is 35.2 Å². The first kappa shape index (κ1) is 11.5. The number of benzene rings is 1. The lowest BCUT2D eigenvalue weighted by molar-refractivity contribution is -0.136. The van der Waals surface area contributed by atoms with Crippen molar-refractivity contribution >= 4 is 17.0 Å². The molecule has 0 amide bonds. The second-order valence-electron chi connectivity index (χ2n) is 4.15. The Morgan fingerprint density at radius 1 is 1.24 bits per heavy atom. The van der Waals surface area contributed by atoms with Crippen LogP contribution in [0.3, 0.4) is 0 Å². The Kier molecular flexibility index (Phi) is 3.04. The van der Waals surface area contributed by atoms with Crippen molar-refractivity contribution in [3.8, 4) is 0 Å². The van der Waals surface area contributed by atoms with Gasteiger partial charge in [0.2, 0.25) is 0 Å². The van der Waals surface area contributed by atoms with Gasteiger partial charge in [0.25, 0.3) is 0 Å². The van der Waals surface area contributed by atoms with Gasteiger partial charge in [0.05, 0.1) is 23.1 Å². The molecule has 4 heteroatoms. The highest BCUT2D eigenvalue weighted by molar-refractivity contribution is 5.80. The molecule has 0 saturated carbocycles. The number of aromatic nitrogens is 2. The normalized spacial score (nSPS) is 10.7. The number of fused-ring (bicyclic) bond motifs is 1. The molecule has 4 nitrogen and oxygen atoms in total. The second kappa shape index (κ2) is 4.49. The van der Waals surface area contributed by atoms with Crippen molar-refractivity contribution in [2.24, 2.45) is 0 Å². The van der Waals surface area contributed by atoms with Gasteiger partial charge >= 0.3 is 5.97 Å². The number of carboxylic acids is 1. The third-order valence-corrected chi connectivity index (χ3v) is 2.75. The first-order chi connectivity index (χ1) is 8.08. The Bertz CT molecular complexity index is 579. The molecule has 0 fully saturated rings. The summed E-state index contributed by atoms with van der Waals surface area (Å²) in [4.78, 5) is 19.4. The summed E-state index contributed by atoms with van der Waals surface area (Å²) in [6.45, 7) is 3.98. The zero-order valence-electron chi connectivity index (χ0n) is 9.90. The Hall–Kier alpha value is -1.97. The van der Waals surface area contributed by atoms with Crippen LogP contribution in [-0.4, -0.2) is 21.0 Å². The van der Waals surface area contributed by atoms with Crippen LogP contribution >= 0.6 is 0 Å². The van der Waals surface area contributed by atoms with Crippen LogP contribution in [0.1, 0.15) is 23.2 Å². The van der Waals surface area contributed by atoms with E-state index in [9.17, 15) is 4.79 Å². The van der Waals surface area contributed by atoms with Gasteiger partial charge in [-0.2, -0.15) is 0 Å². The van der Waals surface area contributed by atoms with Gasteiger partial charge in [0, 0.05) is 12.6 Å². The molecule has 0 aliphatic heterocycles. The predicted octanol–water partition coefficient (Wildman–Crippen LogP) is 2.26. The molecule has 0 aliphatic rings. The minimum Gasteiger partial charge on any atom is -0.481 e. The fourth-order valence-electron chi connectivity index (χ4n) is 1.75. The van der Waals surface area contributed by atoms with Crippen LogP contribution < -0.4 is 0 Å². The van der Waals surface area contributed by atoms with E-state index >= 15 is 0 Å². The molecular formula is C13H14N2O2. The molecule has 1 heterocycles. The van der Waals surface area contributed by atoms with Crippen molar-refractivity contribution in [2.45, 2.75) is 26.7 Å². The molecule has 0 bridgehead atoms. The molecule has 1 N–H and O–H groups in total. The van der Waals surface area contributed by atoms with Crippen LogP contribution in [0.5, 0.6) is 0 Å². The summed E-state index contributed by atoms with van der Waals surface area (Å²) in [5.74, 6) is -0.812. The van der Waals surface area contributed by atoms with Crippen molar-refractivity contribution < 1.29 is 9.90 Å². The second-order valence-corrected chi connectivity index (χ2v) is 4.15. The molecule has 2 aromatic rings. The lowest BCUT2D eigenvalue weighted by atomic mass is 10.1. The van der Waals surface area contributed by atoms with E-state index < -0.39 is 5.97 Å². The highest BCUT2D eigenvalue weighted by atomic mass is 16.4. The first-order valence-corrected chi connectivity index (χ1v) is 5.51. The summed E-state index contributed by atoms with van der Waals surface area (Å²) in [7, 11) is 0. The molecule has 17 heavy (non-hydrogen) atoms. The average molecular weight is 230 g/mol. The largest absolute Gasteiger partial charge is 0.481 e. The van der Waals surface area contributed by atoms with Crippen molar-refractivity contribution in [1.82, 2.24) is 9.97 Å². The molecule has 1 aromatic carbocycles. The molecule has 1 aromatic heterocycles. The van der Waals surface area contributed by atoms with Crippen molar-refractivity contribution in [3.63, 3.8) is 0 Å². The number of carboxylic acid groups (broad SMARTS) is 1. The smallest absolute Gasteiger partial charge is 0.303 e. The maximum absolute atomic E-state index is 10.5. The number of rotatable bonds is 3. The molecule has 0 aliphatic carbocycles.